The van der Waals surface area contributed by atoms with Crippen LogP contribution in [0.15, 0.2) is 42.5 Å². The summed E-state index contributed by atoms with van der Waals surface area (Å²) in [4.78, 5) is 2.30. The van der Waals surface area contributed by atoms with E-state index in [0.717, 1.165) is 18.7 Å². The fourth-order valence-electron chi connectivity index (χ4n) is 3.13. The van der Waals surface area contributed by atoms with Crippen molar-refractivity contribution in [1.29, 1.82) is 0 Å². The summed E-state index contributed by atoms with van der Waals surface area (Å²) >= 11 is 0. The Hall–Kier alpha value is -1.67. The number of likely N-dealkylation sites (N-methyl/N-ethyl adjacent to an activating group) is 1. The fraction of sp³-hybridized carbons (Fsp3) is 0.294. The van der Waals surface area contributed by atoms with E-state index in [0.29, 0.717) is 0 Å². The highest BCUT2D eigenvalue weighted by Gasteiger charge is 2.26. The lowest BCUT2D eigenvalue weighted by molar-refractivity contribution is 0.294. The first-order valence-electron chi connectivity index (χ1n) is 6.67. The van der Waals surface area contributed by atoms with Crippen molar-refractivity contribution in [3.63, 3.8) is 0 Å². The molecule has 2 heteroatoms. The van der Waals surface area contributed by atoms with Crippen molar-refractivity contribution in [1.82, 2.24) is 4.90 Å². The molecule has 0 aliphatic carbocycles. The van der Waals surface area contributed by atoms with Gasteiger partial charge in [-0.2, -0.15) is 0 Å². The molecule has 1 atom stereocenters. The Kier molecular flexibility index (Phi) is 3.11. The maximum Gasteiger partial charge on any atom is 0.123 e. The van der Waals surface area contributed by atoms with Gasteiger partial charge in [0.1, 0.15) is 5.82 Å². The molecular weight excluding hydrogens is 237 g/mol. The molecule has 3 rings (SSSR count). The second-order valence-corrected chi connectivity index (χ2v) is 5.45. The van der Waals surface area contributed by atoms with E-state index in [1.807, 2.05) is 6.07 Å². The molecule has 1 heterocycles. The van der Waals surface area contributed by atoms with Gasteiger partial charge in [-0.1, -0.05) is 30.3 Å². The minimum atomic E-state index is -0.152. The molecule has 1 aliphatic rings. The van der Waals surface area contributed by atoms with Gasteiger partial charge in [0.05, 0.1) is 0 Å². The first kappa shape index (κ1) is 12.4. The van der Waals surface area contributed by atoms with E-state index in [4.69, 9.17) is 0 Å². The molecule has 0 N–H and O–H groups in total. The first-order valence-corrected chi connectivity index (χ1v) is 6.67. The maximum absolute atomic E-state index is 13.5. The predicted octanol–water partition coefficient (Wildman–Crippen LogP) is 3.71. The molecular formula is C17H18FN. The first-order chi connectivity index (χ1) is 9.15. The van der Waals surface area contributed by atoms with Gasteiger partial charge in [0, 0.05) is 19.0 Å². The van der Waals surface area contributed by atoms with E-state index in [1.165, 1.54) is 22.8 Å². The Bertz CT molecular complexity index is 606. The van der Waals surface area contributed by atoms with Crippen LogP contribution >= 0.6 is 0 Å². The number of hydrogen-bond donors (Lipinski definition) is 0. The highest BCUT2D eigenvalue weighted by atomic mass is 19.1. The second-order valence-electron chi connectivity index (χ2n) is 5.45. The lowest BCUT2D eigenvalue weighted by Gasteiger charge is -2.33. The third kappa shape index (κ3) is 2.28. The number of benzene rings is 2. The zero-order valence-electron chi connectivity index (χ0n) is 11.4. The van der Waals surface area contributed by atoms with E-state index in [-0.39, 0.29) is 11.7 Å². The number of halogens is 1. The Balaban J connectivity index is 2.13. The van der Waals surface area contributed by atoms with Gasteiger partial charge in [-0.15, -0.1) is 0 Å². The van der Waals surface area contributed by atoms with E-state index in [1.54, 1.807) is 12.1 Å². The summed E-state index contributed by atoms with van der Waals surface area (Å²) in [6.45, 7) is 4.07. The summed E-state index contributed by atoms with van der Waals surface area (Å²) in [7, 11) is 2.12. The monoisotopic (exact) mass is 255 g/mol. The average molecular weight is 255 g/mol. The Morgan fingerprint density at radius 1 is 1.16 bits per heavy atom. The molecule has 0 fully saturated rings. The average Bonchev–Trinajstić information content (AvgIpc) is 2.37. The molecule has 1 aliphatic heterocycles. The number of rotatable bonds is 1. The van der Waals surface area contributed by atoms with E-state index < -0.39 is 0 Å². The van der Waals surface area contributed by atoms with Gasteiger partial charge in [-0.3, -0.25) is 0 Å². The Morgan fingerprint density at radius 3 is 2.74 bits per heavy atom. The lowest BCUT2D eigenvalue weighted by atomic mass is 9.82. The van der Waals surface area contributed by atoms with Crippen LogP contribution in [0.2, 0.25) is 0 Å². The topological polar surface area (TPSA) is 3.24 Å². The molecule has 1 nitrogen and oxygen atoms in total. The Morgan fingerprint density at radius 2 is 1.95 bits per heavy atom. The van der Waals surface area contributed by atoms with Crippen molar-refractivity contribution in [2.75, 3.05) is 13.6 Å². The zero-order valence-corrected chi connectivity index (χ0v) is 11.4. The molecule has 19 heavy (non-hydrogen) atoms. The van der Waals surface area contributed by atoms with E-state index in [2.05, 4.69) is 37.1 Å². The fourth-order valence-corrected chi connectivity index (χ4v) is 3.13. The minimum absolute atomic E-state index is 0.152. The van der Waals surface area contributed by atoms with Gasteiger partial charge in [0.25, 0.3) is 0 Å². The highest BCUT2D eigenvalue weighted by Crippen LogP contribution is 2.35. The highest BCUT2D eigenvalue weighted by molar-refractivity contribution is 5.44. The molecule has 0 bridgehead atoms. The van der Waals surface area contributed by atoms with E-state index in [9.17, 15) is 4.39 Å². The van der Waals surface area contributed by atoms with Gasteiger partial charge in [0.2, 0.25) is 0 Å². The van der Waals surface area contributed by atoms with Gasteiger partial charge >= 0.3 is 0 Å². The second kappa shape index (κ2) is 4.78. The molecule has 2 aromatic rings. The summed E-state index contributed by atoms with van der Waals surface area (Å²) in [6.07, 6.45) is 0. The number of aryl methyl sites for hydroxylation is 1. The van der Waals surface area contributed by atoms with Crippen LogP contribution in [0, 0.1) is 12.7 Å². The van der Waals surface area contributed by atoms with Crippen molar-refractivity contribution < 1.29 is 4.39 Å². The lowest BCUT2D eigenvalue weighted by Crippen LogP contribution is -2.31. The summed E-state index contributed by atoms with van der Waals surface area (Å²) in [6, 6.07) is 13.5. The molecule has 98 valence electrons. The SMILES string of the molecule is Cc1cccc2c1[C@@H](c1cccc(F)c1)CN(C)C2. The predicted molar refractivity (Wildman–Crippen MR) is 75.8 cm³/mol. The maximum atomic E-state index is 13.5. The molecule has 2 aromatic carbocycles. The molecule has 0 amide bonds. The molecule has 0 saturated heterocycles. The summed E-state index contributed by atoms with van der Waals surface area (Å²) in [5.74, 6) is 0.117. The Labute approximate surface area is 113 Å². The largest absolute Gasteiger partial charge is 0.301 e. The standard InChI is InChI=1S/C17H18FN/c1-12-5-3-7-14-10-19(2)11-16(17(12)14)13-6-4-8-15(18)9-13/h3-9,16H,10-11H2,1-2H3/t16-/m1/s1. The van der Waals surface area contributed by atoms with Gasteiger partial charge < -0.3 is 4.90 Å². The van der Waals surface area contributed by atoms with Crippen LogP contribution in [0.25, 0.3) is 0 Å². The van der Waals surface area contributed by atoms with Gasteiger partial charge in [0.15, 0.2) is 0 Å². The van der Waals surface area contributed by atoms with E-state index >= 15 is 0 Å². The van der Waals surface area contributed by atoms with Crippen LogP contribution < -0.4 is 0 Å². The summed E-state index contributed by atoms with van der Waals surface area (Å²) in [5.41, 5.74) is 5.12. The smallest absolute Gasteiger partial charge is 0.123 e. The molecule has 0 saturated carbocycles. The van der Waals surface area contributed by atoms with Crippen LogP contribution in [-0.4, -0.2) is 18.5 Å². The quantitative estimate of drug-likeness (QED) is 0.751. The van der Waals surface area contributed by atoms with Crippen molar-refractivity contribution in [2.45, 2.75) is 19.4 Å². The third-order valence-electron chi connectivity index (χ3n) is 3.95. The third-order valence-corrected chi connectivity index (χ3v) is 3.95. The molecule has 0 radical (unpaired) electrons. The normalized spacial score (nSPS) is 19.2. The number of fused-ring (bicyclic) bond motifs is 1. The molecule has 0 spiro atoms. The van der Waals surface area contributed by atoms with Crippen LogP contribution in [0.4, 0.5) is 4.39 Å². The molecule has 0 aromatic heterocycles. The van der Waals surface area contributed by atoms with Crippen molar-refractivity contribution in [2.24, 2.45) is 0 Å². The zero-order chi connectivity index (χ0) is 13.4. The van der Waals surface area contributed by atoms with Crippen LogP contribution in [-0.2, 0) is 6.54 Å². The summed E-state index contributed by atoms with van der Waals surface area (Å²) in [5, 5.41) is 0. The minimum Gasteiger partial charge on any atom is -0.301 e. The van der Waals surface area contributed by atoms with Crippen LogP contribution in [0.1, 0.15) is 28.2 Å². The van der Waals surface area contributed by atoms with Crippen molar-refractivity contribution >= 4 is 0 Å². The van der Waals surface area contributed by atoms with Crippen LogP contribution in [0.3, 0.4) is 0 Å². The number of nitrogens with zero attached hydrogens (tertiary/aromatic N) is 1. The van der Waals surface area contributed by atoms with Crippen molar-refractivity contribution in [3.05, 3.63) is 70.5 Å². The van der Waals surface area contributed by atoms with Crippen LogP contribution in [0.5, 0.6) is 0 Å². The molecule has 0 unspecified atom stereocenters. The number of hydrogen-bond acceptors (Lipinski definition) is 1. The van der Waals surface area contributed by atoms with Gasteiger partial charge in [-0.05, 0) is 48.4 Å². The summed E-state index contributed by atoms with van der Waals surface area (Å²) < 4.78 is 13.5. The van der Waals surface area contributed by atoms with Gasteiger partial charge in [-0.25, -0.2) is 4.39 Å². The van der Waals surface area contributed by atoms with Crippen molar-refractivity contribution in [3.8, 4) is 0 Å².